The largest absolute Gasteiger partial charge is 0.378 e. The van der Waals surface area contributed by atoms with Crippen LogP contribution >= 0.6 is 0 Å². The SMILES string of the molecule is FCCCN1CCOCC12CC2. The minimum atomic E-state index is -0.187. The molecule has 1 aliphatic heterocycles. The zero-order valence-electron chi connectivity index (χ0n) is 7.39. The molecule has 0 atom stereocenters. The summed E-state index contributed by atoms with van der Waals surface area (Å²) in [6.45, 7) is 3.43. The van der Waals surface area contributed by atoms with E-state index in [1.807, 2.05) is 0 Å². The van der Waals surface area contributed by atoms with E-state index in [4.69, 9.17) is 4.74 Å². The summed E-state index contributed by atoms with van der Waals surface area (Å²) in [5.41, 5.74) is 0.341. The van der Waals surface area contributed by atoms with Crippen molar-refractivity contribution in [3.63, 3.8) is 0 Å². The summed E-state index contributed by atoms with van der Waals surface area (Å²) < 4.78 is 17.4. The molecule has 2 rings (SSSR count). The highest BCUT2D eigenvalue weighted by atomic mass is 19.1. The lowest BCUT2D eigenvalue weighted by molar-refractivity contribution is -0.0211. The van der Waals surface area contributed by atoms with Crippen LogP contribution in [-0.4, -0.2) is 43.4 Å². The van der Waals surface area contributed by atoms with Gasteiger partial charge in [-0.1, -0.05) is 0 Å². The second-order valence-electron chi connectivity index (χ2n) is 3.81. The van der Waals surface area contributed by atoms with E-state index in [2.05, 4.69) is 4.90 Å². The smallest absolute Gasteiger partial charge is 0.0906 e. The Morgan fingerprint density at radius 3 is 2.92 bits per heavy atom. The van der Waals surface area contributed by atoms with Crippen LogP contribution in [0.15, 0.2) is 0 Å². The molecule has 1 aliphatic carbocycles. The summed E-state index contributed by atoms with van der Waals surface area (Å²) in [6.07, 6.45) is 3.18. The molecule has 70 valence electrons. The van der Waals surface area contributed by atoms with Crippen LogP contribution < -0.4 is 0 Å². The number of halogens is 1. The van der Waals surface area contributed by atoms with Crippen molar-refractivity contribution < 1.29 is 9.13 Å². The van der Waals surface area contributed by atoms with Gasteiger partial charge in [-0.15, -0.1) is 0 Å². The number of rotatable bonds is 3. The topological polar surface area (TPSA) is 12.5 Å². The van der Waals surface area contributed by atoms with Gasteiger partial charge in [0, 0.05) is 18.6 Å². The summed E-state index contributed by atoms with van der Waals surface area (Å²) in [7, 11) is 0. The summed E-state index contributed by atoms with van der Waals surface area (Å²) in [5, 5.41) is 0. The molecule has 0 amide bonds. The zero-order chi connectivity index (χ0) is 8.44. The number of alkyl halides is 1. The van der Waals surface area contributed by atoms with Crippen molar-refractivity contribution in [2.75, 3.05) is 33.0 Å². The van der Waals surface area contributed by atoms with Crippen LogP contribution in [0.25, 0.3) is 0 Å². The molecule has 3 heteroatoms. The van der Waals surface area contributed by atoms with Crippen molar-refractivity contribution in [3.05, 3.63) is 0 Å². The van der Waals surface area contributed by atoms with E-state index in [1.54, 1.807) is 0 Å². The standard InChI is InChI=1S/C9H16FNO/c10-4-1-5-11-6-7-12-8-9(11)2-3-9/h1-8H2. The Bertz CT molecular complexity index is 159. The van der Waals surface area contributed by atoms with Crippen LogP contribution in [0, 0.1) is 0 Å². The predicted octanol–water partition coefficient (Wildman–Crippen LogP) is 1.21. The molecule has 1 spiro atoms. The maximum Gasteiger partial charge on any atom is 0.0906 e. The van der Waals surface area contributed by atoms with Crippen LogP contribution in [0.4, 0.5) is 4.39 Å². The van der Waals surface area contributed by atoms with E-state index >= 15 is 0 Å². The fraction of sp³-hybridized carbons (Fsp3) is 1.00. The van der Waals surface area contributed by atoms with Crippen molar-refractivity contribution in [2.24, 2.45) is 0 Å². The molecule has 0 radical (unpaired) electrons. The number of hydrogen-bond acceptors (Lipinski definition) is 2. The Labute approximate surface area is 72.7 Å². The maximum absolute atomic E-state index is 12.0. The van der Waals surface area contributed by atoms with Gasteiger partial charge in [-0.05, 0) is 19.3 Å². The molecule has 2 fully saturated rings. The molecule has 1 saturated carbocycles. The van der Waals surface area contributed by atoms with E-state index in [0.29, 0.717) is 12.0 Å². The average molecular weight is 173 g/mol. The molecule has 12 heavy (non-hydrogen) atoms. The lowest BCUT2D eigenvalue weighted by Gasteiger charge is -2.35. The molecule has 0 bridgehead atoms. The molecule has 0 aromatic carbocycles. The highest BCUT2D eigenvalue weighted by molar-refractivity contribution is 5.05. The van der Waals surface area contributed by atoms with E-state index in [0.717, 1.165) is 26.3 Å². The summed E-state index contributed by atoms with van der Waals surface area (Å²) in [5.74, 6) is 0. The molecular formula is C9H16FNO. The minimum absolute atomic E-state index is 0.187. The third-order valence-electron chi connectivity index (χ3n) is 2.94. The normalized spacial score (nSPS) is 27.8. The second-order valence-corrected chi connectivity index (χ2v) is 3.81. The van der Waals surface area contributed by atoms with Crippen molar-refractivity contribution in [1.82, 2.24) is 4.90 Å². The van der Waals surface area contributed by atoms with Gasteiger partial charge >= 0.3 is 0 Å². The van der Waals surface area contributed by atoms with Gasteiger partial charge in [0.1, 0.15) is 0 Å². The predicted molar refractivity (Wildman–Crippen MR) is 44.9 cm³/mol. The van der Waals surface area contributed by atoms with Gasteiger partial charge in [0.15, 0.2) is 0 Å². The quantitative estimate of drug-likeness (QED) is 0.636. The molecule has 2 nitrogen and oxygen atoms in total. The fourth-order valence-corrected chi connectivity index (χ4v) is 1.97. The van der Waals surface area contributed by atoms with Crippen LogP contribution in [0.5, 0.6) is 0 Å². The van der Waals surface area contributed by atoms with Gasteiger partial charge in [0.05, 0.1) is 19.9 Å². The molecule has 0 aromatic rings. The molecule has 2 aliphatic rings. The van der Waals surface area contributed by atoms with Gasteiger partial charge in [-0.3, -0.25) is 9.29 Å². The van der Waals surface area contributed by atoms with Gasteiger partial charge in [0.2, 0.25) is 0 Å². The average Bonchev–Trinajstić information content (AvgIpc) is 2.85. The Hall–Kier alpha value is -0.150. The first kappa shape index (κ1) is 8.45. The van der Waals surface area contributed by atoms with Gasteiger partial charge in [0.25, 0.3) is 0 Å². The van der Waals surface area contributed by atoms with Gasteiger partial charge in [-0.2, -0.15) is 0 Å². The van der Waals surface area contributed by atoms with E-state index in [1.165, 1.54) is 12.8 Å². The van der Waals surface area contributed by atoms with Gasteiger partial charge in [-0.25, -0.2) is 0 Å². The number of nitrogens with zero attached hydrogens (tertiary/aromatic N) is 1. The molecule has 0 aromatic heterocycles. The van der Waals surface area contributed by atoms with Crippen molar-refractivity contribution in [3.8, 4) is 0 Å². The second kappa shape index (κ2) is 3.30. The lowest BCUT2D eigenvalue weighted by atomic mass is 10.2. The molecule has 0 N–H and O–H groups in total. The Kier molecular flexibility index (Phi) is 2.33. The number of ether oxygens (including phenoxy) is 1. The van der Waals surface area contributed by atoms with Crippen molar-refractivity contribution >= 4 is 0 Å². The first-order valence-electron chi connectivity index (χ1n) is 4.76. The zero-order valence-corrected chi connectivity index (χ0v) is 7.39. The Morgan fingerprint density at radius 2 is 2.25 bits per heavy atom. The fourth-order valence-electron chi connectivity index (χ4n) is 1.97. The van der Waals surface area contributed by atoms with E-state index in [9.17, 15) is 4.39 Å². The lowest BCUT2D eigenvalue weighted by Crippen LogP contribution is -2.47. The van der Waals surface area contributed by atoms with Crippen molar-refractivity contribution in [1.29, 1.82) is 0 Å². The molecule has 1 heterocycles. The Balaban J connectivity index is 1.84. The summed E-state index contributed by atoms with van der Waals surface area (Å²) in [4.78, 5) is 2.41. The maximum atomic E-state index is 12.0. The number of morpholine rings is 1. The van der Waals surface area contributed by atoms with Gasteiger partial charge < -0.3 is 4.74 Å². The van der Waals surface area contributed by atoms with Crippen LogP contribution in [-0.2, 0) is 4.74 Å². The highest BCUT2D eigenvalue weighted by Crippen LogP contribution is 2.43. The molecular weight excluding hydrogens is 157 g/mol. The summed E-state index contributed by atoms with van der Waals surface area (Å²) in [6, 6.07) is 0. The first-order valence-corrected chi connectivity index (χ1v) is 4.76. The highest BCUT2D eigenvalue weighted by Gasteiger charge is 2.49. The number of hydrogen-bond donors (Lipinski definition) is 0. The summed E-state index contributed by atoms with van der Waals surface area (Å²) >= 11 is 0. The molecule has 0 unspecified atom stereocenters. The van der Waals surface area contributed by atoms with Crippen LogP contribution in [0.1, 0.15) is 19.3 Å². The first-order chi connectivity index (χ1) is 5.87. The monoisotopic (exact) mass is 173 g/mol. The van der Waals surface area contributed by atoms with Crippen molar-refractivity contribution in [2.45, 2.75) is 24.8 Å². The third-order valence-corrected chi connectivity index (χ3v) is 2.94. The van der Waals surface area contributed by atoms with E-state index < -0.39 is 0 Å². The molecule has 1 saturated heterocycles. The van der Waals surface area contributed by atoms with E-state index in [-0.39, 0.29) is 6.67 Å². The van der Waals surface area contributed by atoms with Crippen LogP contribution in [0.2, 0.25) is 0 Å². The minimum Gasteiger partial charge on any atom is -0.378 e. The van der Waals surface area contributed by atoms with Crippen LogP contribution in [0.3, 0.4) is 0 Å². The third kappa shape index (κ3) is 1.48. The Morgan fingerprint density at radius 1 is 1.42 bits per heavy atom.